The van der Waals surface area contributed by atoms with Gasteiger partial charge < -0.3 is 14.8 Å². The normalized spacial score (nSPS) is 11.7. The number of benzene rings is 2. The Balaban J connectivity index is 1.98. The highest BCUT2D eigenvalue weighted by Crippen LogP contribution is 2.36. The molecule has 0 radical (unpaired) electrons. The largest absolute Gasteiger partial charge is 0.475 e. The molecule has 0 aliphatic heterocycles. The summed E-state index contributed by atoms with van der Waals surface area (Å²) < 4.78 is 57.5. The van der Waals surface area contributed by atoms with Crippen molar-refractivity contribution in [2.75, 3.05) is 5.32 Å². The molecule has 9 heteroatoms. The molecule has 3 rings (SSSR count). The van der Waals surface area contributed by atoms with Gasteiger partial charge in [0.25, 0.3) is 0 Å². The SMILES string of the molecule is O=C(O)c1oc2ccccc2c1CNc1cc(Cl)c(F)c(C(F)(F)F)c1. The first-order valence-electron chi connectivity index (χ1n) is 7.22. The van der Waals surface area contributed by atoms with Crippen LogP contribution in [0.5, 0.6) is 0 Å². The van der Waals surface area contributed by atoms with Crippen molar-refractivity contribution in [3.8, 4) is 0 Å². The number of nitrogens with one attached hydrogen (secondary N) is 1. The molecule has 0 fully saturated rings. The summed E-state index contributed by atoms with van der Waals surface area (Å²) in [6, 6.07) is 8.09. The standard InChI is InChI=1S/C17H10ClF4NO3/c18-12-6-8(5-11(14(12)19)17(20,21)22)23-7-10-9-3-1-2-4-13(9)26-15(10)16(24)25/h1-6,23H,7H2,(H,24,25). The number of carboxylic acid groups (broad SMARTS) is 1. The molecule has 136 valence electrons. The molecule has 0 aliphatic carbocycles. The van der Waals surface area contributed by atoms with Crippen LogP contribution in [0.3, 0.4) is 0 Å². The summed E-state index contributed by atoms with van der Waals surface area (Å²) in [6.45, 7) is -0.155. The van der Waals surface area contributed by atoms with Crippen LogP contribution in [0.1, 0.15) is 21.7 Å². The second-order valence-electron chi connectivity index (χ2n) is 5.38. The predicted molar refractivity (Wildman–Crippen MR) is 86.9 cm³/mol. The second kappa shape index (κ2) is 6.53. The van der Waals surface area contributed by atoms with Crippen molar-refractivity contribution in [1.82, 2.24) is 0 Å². The maximum atomic E-state index is 13.6. The Labute approximate surface area is 149 Å². The molecule has 0 bridgehead atoms. The maximum absolute atomic E-state index is 13.6. The third-order valence-electron chi connectivity index (χ3n) is 3.70. The molecule has 4 nitrogen and oxygen atoms in total. The number of aromatic carboxylic acids is 1. The Morgan fingerprint density at radius 3 is 2.58 bits per heavy atom. The number of alkyl halides is 3. The molecule has 0 saturated heterocycles. The van der Waals surface area contributed by atoms with Crippen LogP contribution in [0.2, 0.25) is 5.02 Å². The van der Waals surface area contributed by atoms with Crippen molar-refractivity contribution in [3.63, 3.8) is 0 Å². The van der Waals surface area contributed by atoms with E-state index in [1.54, 1.807) is 24.3 Å². The van der Waals surface area contributed by atoms with Crippen molar-refractivity contribution < 1.29 is 31.9 Å². The Morgan fingerprint density at radius 1 is 1.23 bits per heavy atom. The smallest absolute Gasteiger partial charge is 0.419 e. The lowest BCUT2D eigenvalue weighted by atomic mass is 10.1. The van der Waals surface area contributed by atoms with Gasteiger partial charge in [0.2, 0.25) is 5.76 Å². The molecular weight excluding hydrogens is 378 g/mol. The van der Waals surface area contributed by atoms with Crippen LogP contribution in [0.15, 0.2) is 40.8 Å². The lowest BCUT2D eigenvalue weighted by molar-refractivity contribution is -0.139. The number of halogens is 5. The summed E-state index contributed by atoms with van der Waals surface area (Å²) in [5, 5.41) is 11.7. The summed E-state index contributed by atoms with van der Waals surface area (Å²) in [5.74, 6) is -3.21. The molecule has 0 spiro atoms. The lowest BCUT2D eigenvalue weighted by Gasteiger charge is -2.13. The van der Waals surface area contributed by atoms with E-state index in [2.05, 4.69) is 5.32 Å². The zero-order chi connectivity index (χ0) is 19.1. The molecular formula is C17H10ClF4NO3. The fourth-order valence-corrected chi connectivity index (χ4v) is 2.75. The average molecular weight is 388 g/mol. The van der Waals surface area contributed by atoms with Gasteiger partial charge in [-0.25, -0.2) is 9.18 Å². The van der Waals surface area contributed by atoms with Gasteiger partial charge in [-0.1, -0.05) is 29.8 Å². The minimum atomic E-state index is -4.92. The fraction of sp³-hybridized carbons (Fsp3) is 0.118. The molecule has 3 aromatic rings. The third kappa shape index (κ3) is 3.32. The van der Waals surface area contributed by atoms with Crippen molar-refractivity contribution in [1.29, 1.82) is 0 Å². The Morgan fingerprint density at radius 2 is 1.92 bits per heavy atom. The lowest BCUT2D eigenvalue weighted by Crippen LogP contribution is -2.11. The number of furan rings is 1. The summed E-state index contributed by atoms with van der Waals surface area (Å²) in [4.78, 5) is 11.3. The first-order valence-corrected chi connectivity index (χ1v) is 7.60. The van der Waals surface area contributed by atoms with Gasteiger partial charge in [-0.3, -0.25) is 0 Å². The summed E-state index contributed by atoms with van der Waals surface area (Å²) in [6.07, 6.45) is -4.92. The van der Waals surface area contributed by atoms with E-state index in [0.29, 0.717) is 17.0 Å². The highest BCUT2D eigenvalue weighted by atomic mass is 35.5. The first kappa shape index (κ1) is 18.1. The van der Waals surface area contributed by atoms with Gasteiger partial charge in [0.05, 0.1) is 10.6 Å². The summed E-state index contributed by atoms with van der Waals surface area (Å²) >= 11 is 5.53. The molecule has 26 heavy (non-hydrogen) atoms. The zero-order valence-corrected chi connectivity index (χ0v) is 13.6. The van der Waals surface area contributed by atoms with Gasteiger partial charge in [0.1, 0.15) is 5.58 Å². The third-order valence-corrected chi connectivity index (χ3v) is 3.97. The van der Waals surface area contributed by atoms with E-state index in [9.17, 15) is 27.5 Å². The van der Waals surface area contributed by atoms with Gasteiger partial charge in [-0.05, 0) is 18.2 Å². The topological polar surface area (TPSA) is 62.5 Å². The van der Waals surface area contributed by atoms with Crippen LogP contribution in [0, 0.1) is 5.82 Å². The summed E-state index contributed by atoms with van der Waals surface area (Å²) in [7, 11) is 0. The van der Waals surface area contributed by atoms with Crippen LogP contribution in [0.25, 0.3) is 11.0 Å². The Kier molecular flexibility index (Phi) is 4.53. The van der Waals surface area contributed by atoms with E-state index in [4.69, 9.17) is 16.0 Å². The van der Waals surface area contributed by atoms with Gasteiger partial charge >= 0.3 is 12.1 Å². The molecule has 1 aromatic heterocycles. The van der Waals surface area contributed by atoms with Crippen molar-refractivity contribution >= 4 is 34.2 Å². The number of anilines is 1. The number of rotatable bonds is 4. The maximum Gasteiger partial charge on any atom is 0.419 e. The van der Waals surface area contributed by atoms with E-state index < -0.39 is 28.5 Å². The predicted octanol–water partition coefficient (Wildman–Crippen LogP) is 5.55. The van der Waals surface area contributed by atoms with Crippen LogP contribution in [-0.2, 0) is 12.7 Å². The number of para-hydroxylation sites is 1. The van der Waals surface area contributed by atoms with E-state index in [1.165, 1.54) is 0 Å². The van der Waals surface area contributed by atoms with Gasteiger partial charge in [0, 0.05) is 23.2 Å². The van der Waals surface area contributed by atoms with Crippen molar-refractivity contribution in [2.24, 2.45) is 0 Å². The van der Waals surface area contributed by atoms with Gasteiger partial charge in [-0.15, -0.1) is 0 Å². The van der Waals surface area contributed by atoms with E-state index in [1.807, 2.05) is 0 Å². The van der Waals surface area contributed by atoms with Crippen molar-refractivity contribution in [2.45, 2.75) is 12.7 Å². The molecule has 0 atom stereocenters. The number of hydrogen-bond donors (Lipinski definition) is 2. The monoisotopic (exact) mass is 387 g/mol. The van der Waals surface area contributed by atoms with Crippen LogP contribution < -0.4 is 5.32 Å². The number of carboxylic acids is 1. The highest BCUT2D eigenvalue weighted by Gasteiger charge is 2.35. The minimum absolute atomic E-state index is 0.106. The molecule has 0 amide bonds. The Hall–Kier alpha value is -2.74. The van der Waals surface area contributed by atoms with E-state index in [-0.39, 0.29) is 23.6 Å². The second-order valence-corrected chi connectivity index (χ2v) is 5.79. The van der Waals surface area contributed by atoms with E-state index >= 15 is 0 Å². The highest BCUT2D eigenvalue weighted by molar-refractivity contribution is 6.31. The molecule has 0 saturated carbocycles. The van der Waals surface area contributed by atoms with Gasteiger partial charge in [0.15, 0.2) is 5.82 Å². The van der Waals surface area contributed by atoms with Crippen molar-refractivity contribution in [3.05, 3.63) is 64.1 Å². The van der Waals surface area contributed by atoms with Crippen LogP contribution in [0.4, 0.5) is 23.2 Å². The van der Waals surface area contributed by atoms with Crippen LogP contribution >= 0.6 is 11.6 Å². The quantitative estimate of drug-likeness (QED) is 0.576. The summed E-state index contributed by atoms with van der Waals surface area (Å²) in [5.41, 5.74) is -1.04. The van der Waals surface area contributed by atoms with E-state index in [0.717, 1.165) is 6.07 Å². The number of carbonyl (C=O) groups is 1. The molecule has 2 aromatic carbocycles. The average Bonchev–Trinajstić information content (AvgIpc) is 2.93. The minimum Gasteiger partial charge on any atom is -0.475 e. The van der Waals surface area contributed by atoms with Gasteiger partial charge in [-0.2, -0.15) is 13.2 Å². The molecule has 1 heterocycles. The molecule has 0 unspecified atom stereocenters. The fourth-order valence-electron chi connectivity index (χ4n) is 2.53. The molecule has 0 aliphatic rings. The Bertz CT molecular complexity index is 998. The zero-order valence-electron chi connectivity index (χ0n) is 12.8. The molecule has 2 N–H and O–H groups in total. The van der Waals surface area contributed by atoms with Crippen LogP contribution in [-0.4, -0.2) is 11.1 Å². The number of hydrogen-bond acceptors (Lipinski definition) is 3. The first-order chi connectivity index (χ1) is 12.2. The number of fused-ring (bicyclic) bond motifs is 1.